The summed E-state index contributed by atoms with van der Waals surface area (Å²) in [6.07, 6.45) is 0. The first-order valence-corrected chi connectivity index (χ1v) is 2.91. The molecule has 0 aromatic rings. The van der Waals surface area contributed by atoms with Gasteiger partial charge in [-0.15, -0.1) is 0 Å². The topological polar surface area (TPSA) is 37.4 Å². The van der Waals surface area contributed by atoms with Gasteiger partial charge in [0.15, 0.2) is 0 Å². The van der Waals surface area contributed by atoms with Gasteiger partial charge in [-0.3, -0.25) is 14.5 Å². The van der Waals surface area contributed by atoms with Crippen molar-refractivity contribution < 1.29 is 9.59 Å². The Morgan fingerprint density at radius 2 is 1.70 bits per heavy atom. The molecule has 2 amide bonds. The van der Waals surface area contributed by atoms with Crippen molar-refractivity contribution in [3.8, 4) is 0 Å². The molecule has 10 heavy (non-hydrogen) atoms. The van der Waals surface area contributed by atoms with Crippen LogP contribution in [0.2, 0.25) is 0 Å². The Morgan fingerprint density at radius 3 is 1.80 bits per heavy atom. The largest absolute Gasteiger partial charge is 0.282 e. The number of hydrogen-bond donors (Lipinski definition) is 0. The van der Waals surface area contributed by atoms with Gasteiger partial charge in [-0.1, -0.05) is 6.58 Å². The minimum atomic E-state index is -0.326. The van der Waals surface area contributed by atoms with Gasteiger partial charge in [-0.05, 0) is 6.92 Å². The van der Waals surface area contributed by atoms with Crippen molar-refractivity contribution >= 4 is 11.8 Å². The average Bonchev–Trinajstić information content (AvgIpc) is 1.84. The van der Waals surface area contributed by atoms with Gasteiger partial charge in [0.2, 0.25) is 5.91 Å². The molecule has 0 saturated heterocycles. The van der Waals surface area contributed by atoms with Crippen molar-refractivity contribution in [2.45, 2.75) is 13.8 Å². The summed E-state index contributed by atoms with van der Waals surface area (Å²) in [5, 5.41) is 0. The summed E-state index contributed by atoms with van der Waals surface area (Å²) in [5.74, 6) is -0.597. The van der Waals surface area contributed by atoms with Crippen molar-refractivity contribution in [1.29, 1.82) is 0 Å². The van der Waals surface area contributed by atoms with Crippen LogP contribution in [0.1, 0.15) is 13.8 Å². The molecular weight excluding hydrogens is 130 g/mol. The fraction of sp³-hybridized carbons (Fsp3) is 0.429. The quantitative estimate of drug-likeness (QED) is 0.500. The van der Waals surface area contributed by atoms with E-state index in [2.05, 4.69) is 6.58 Å². The number of amides is 2. The van der Waals surface area contributed by atoms with Crippen molar-refractivity contribution in [2.75, 3.05) is 7.05 Å². The molecular formula is C7H11NO2. The number of carbonyl (C=O) groups is 2. The van der Waals surface area contributed by atoms with E-state index < -0.39 is 0 Å². The van der Waals surface area contributed by atoms with Crippen LogP contribution in [0.25, 0.3) is 0 Å². The maximum Gasteiger partial charge on any atom is 0.255 e. The van der Waals surface area contributed by atoms with Gasteiger partial charge in [0.1, 0.15) is 0 Å². The molecule has 3 heteroatoms. The summed E-state index contributed by atoms with van der Waals surface area (Å²) in [4.78, 5) is 22.5. The summed E-state index contributed by atoms with van der Waals surface area (Å²) in [7, 11) is 1.43. The standard InChI is InChI=1S/C7H11NO2/c1-5(2)7(10)8(4)6(3)9/h1H2,2-4H3. The molecule has 3 nitrogen and oxygen atoms in total. The Morgan fingerprint density at radius 1 is 1.30 bits per heavy atom. The van der Waals surface area contributed by atoms with E-state index in [0.29, 0.717) is 5.57 Å². The fourth-order valence-electron chi connectivity index (χ4n) is 0.429. The van der Waals surface area contributed by atoms with E-state index in [9.17, 15) is 9.59 Å². The second kappa shape index (κ2) is 3.15. The zero-order chi connectivity index (χ0) is 8.31. The molecule has 0 heterocycles. The Kier molecular flexibility index (Phi) is 2.80. The van der Waals surface area contributed by atoms with E-state index in [1.165, 1.54) is 14.0 Å². The molecule has 0 aliphatic heterocycles. The normalized spacial score (nSPS) is 8.70. The van der Waals surface area contributed by atoms with E-state index >= 15 is 0 Å². The molecule has 0 N–H and O–H groups in total. The van der Waals surface area contributed by atoms with Crippen molar-refractivity contribution in [1.82, 2.24) is 4.90 Å². The first-order chi connectivity index (χ1) is 4.46. The zero-order valence-electron chi connectivity index (χ0n) is 6.47. The molecule has 0 aliphatic carbocycles. The highest BCUT2D eigenvalue weighted by Gasteiger charge is 2.11. The summed E-state index contributed by atoms with van der Waals surface area (Å²) < 4.78 is 0. The van der Waals surface area contributed by atoms with Crippen LogP contribution in [0, 0.1) is 0 Å². The van der Waals surface area contributed by atoms with Crippen LogP contribution >= 0.6 is 0 Å². The van der Waals surface area contributed by atoms with Gasteiger partial charge in [0, 0.05) is 19.5 Å². The van der Waals surface area contributed by atoms with Crippen LogP contribution in [0.15, 0.2) is 12.2 Å². The summed E-state index contributed by atoms with van der Waals surface area (Å²) >= 11 is 0. The SMILES string of the molecule is C=C(C)C(=O)N(C)C(C)=O. The summed E-state index contributed by atoms with van der Waals surface area (Å²) in [6.45, 7) is 6.32. The van der Waals surface area contributed by atoms with Gasteiger partial charge in [0.25, 0.3) is 5.91 Å². The maximum absolute atomic E-state index is 10.9. The van der Waals surface area contributed by atoms with Crippen molar-refractivity contribution in [3.63, 3.8) is 0 Å². The lowest BCUT2D eigenvalue weighted by Crippen LogP contribution is -2.31. The van der Waals surface area contributed by atoms with E-state index in [-0.39, 0.29) is 11.8 Å². The van der Waals surface area contributed by atoms with Gasteiger partial charge < -0.3 is 0 Å². The van der Waals surface area contributed by atoms with E-state index in [1.807, 2.05) is 0 Å². The smallest absolute Gasteiger partial charge is 0.255 e. The average molecular weight is 141 g/mol. The van der Waals surface area contributed by atoms with Crippen LogP contribution in [-0.2, 0) is 9.59 Å². The third kappa shape index (κ3) is 2.01. The van der Waals surface area contributed by atoms with Gasteiger partial charge in [-0.2, -0.15) is 0 Å². The second-order valence-electron chi connectivity index (χ2n) is 2.16. The molecule has 56 valence electrons. The minimum Gasteiger partial charge on any atom is -0.282 e. The highest BCUT2D eigenvalue weighted by atomic mass is 16.2. The lowest BCUT2D eigenvalue weighted by atomic mass is 10.3. The summed E-state index contributed by atoms with van der Waals surface area (Å²) in [6, 6.07) is 0. The monoisotopic (exact) mass is 141 g/mol. The molecule has 0 rings (SSSR count). The number of imide groups is 1. The minimum absolute atomic E-state index is 0.270. The Bertz CT molecular complexity index is 184. The van der Waals surface area contributed by atoms with Crippen LogP contribution in [0.3, 0.4) is 0 Å². The molecule has 0 aliphatic rings. The molecule has 0 bridgehead atoms. The number of rotatable bonds is 1. The van der Waals surface area contributed by atoms with Crippen molar-refractivity contribution in [2.24, 2.45) is 0 Å². The lowest BCUT2D eigenvalue weighted by Gasteiger charge is -2.11. The highest BCUT2D eigenvalue weighted by Crippen LogP contribution is 1.94. The molecule has 0 aromatic heterocycles. The van der Waals surface area contributed by atoms with Crippen molar-refractivity contribution in [3.05, 3.63) is 12.2 Å². The third-order valence-electron chi connectivity index (χ3n) is 1.14. The van der Waals surface area contributed by atoms with Crippen LogP contribution in [0.5, 0.6) is 0 Å². The molecule has 0 radical (unpaired) electrons. The Balaban J connectivity index is 4.22. The maximum atomic E-state index is 10.9. The van der Waals surface area contributed by atoms with Crippen LogP contribution in [-0.4, -0.2) is 23.8 Å². The molecule has 0 aromatic carbocycles. The van der Waals surface area contributed by atoms with Crippen LogP contribution in [0.4, 0.5) is 0 Å². The Hall–Kier alpha value is -1.12. The molecule has 0 atom stereocenters. The lowest BCUT2D eigenvalue weighted by molar-refractivity contribution is -0.139. The first-order valence-electron chi connectivity index (χ1n) is 2.91. The molecule has 0 unspecified atom stereocenters. The fourth-order valence-corrected chi connectivity index (χ4v) is 0.429. The highest BCUT2D eigenvalue weighted by molar-refractivity contribution is 6.02. The summed E-state index contributed by atoms with van der Waals surface area (Å²) in [5.41, 5.74) is 0.373. The van der Waals surface area contributed by atoms with Gasteiger partial charge in [-0.25, -0.2) is 0 Å². The second-order valence-corrected chi connectivity index (χ2v) is 2.16. The van der Waals surface area contributed by atoms with Gasteiger partial charge >= 0.3 is 0 Å². The van der Waals surface area contributed by atoms with E-state index in [1.54, 1.807) is 6.92 Å². The third-order valence-corrected chi connectivity index (χ3v) is 1.14. The molecule has 0 fully saturated rings. The number of likely N-dealkylation sites (N-methyl/N-ethyl adjacent to an activating group) is 1. The molecule has 0 spiro atoms. The van der Waals surface area contributed by atoms with E-state index in [4.69, 9.17) is 0 Å². The first kappa shape index (κ1) is 8.88. The number of carbonyl (C=O) groups excluding carboxylic acids is 2. The Labute approximate surface area is 60.3 Å². The molecule has 0 saturated carbocycles. The van der Waals surface area contributed by atoms with E-state index in [0.717, 1.165) is 4.90 Å². The predicted molar refractivity (Wildman–Crippen MR) is 38.3 cm³/mol. The van der Waals surface area contributed by atoms with Gasteiger partial charge in [0.05, 0.1) is 0 Å². The predicted octanol–water partition coefficient (Wildman–Crippen LogP) is 0.567. The number of hydrogen-bond acceptors (Lipinski definition) is 2. The van der Waals surface area contributed by atoms with Crippen LogP contribution < -0.4 is 0 Å². The number of nitrogens with zero attached hydrogens (tertiary/aromatic N) is 1. The zero-order valence-corrected chi connectivity index (χ0v) is 6.47.